The van der Waals surface area contributed by atoms with Gasteiger partial charge in [0.05, 0.1) is 6.04 Å². The van der Waals surface area contributed by atoms with Gasteiger partial charge in [0.15, 0.2) is 12.2 Å². The highest BCUT2D eigenvalue weighted by atomic mass is 16.3. The van der Waals surface area contributed by atoms with Crippen LogP contribution in [0.2, 0.25) is 0 Å². The monoisotopic (exact) mass is 563 g/mol. The minimum Gasteiger partial charge on any atom is -0.380 e. The number of anilines is 1. The number of hydrogen-bond donors (Lipinski definition) is 4. The predicted octanol–water partition coefficient (Wildman–Crippen LogP) is 4.31. The number of para-hydroxylation sites is 1. The van der Waals surface area contributed by atoms with E-state index in [2.05, 4.69) is 10.6 Å². The van der Waals surface area contributed by atoms with Crippen LogP contribution in [0.5, 0.6) is 0 Å². The Balaban J connectivity index is 1.19. The second-order valence-electron chi connectivity index (χ2n) is 10.3. The van der Waals surface area contributed by atoms with Gasteiger partial charge in [-0.2, -0.15) is 0 Å². The molecule has 1 fully saturated rings. The van der Waals surface area contributed by atoms with E-state index in [-0.39, 0.29) is 18.5 Å². The van der Waals surface area contributed by atoms with Gasteiger partial charge in [-0.05, 0) is 53.3 Å². The molecule has 3 amide bonds. The van der Waals surface area contributed by atoms with Crippen LogP contribution in [0.3, 0.4) is 0 Å². The lowest BCUT2D eigenvalue weighted by Crippen LogP contribution is -2.50. The molecule has 0 spiro atoms. The topological polar surface area (TPSA) is 119 Å². The SMILES string of the molecule is O=C(Nc1ccccc1)c1ccccc1-c1ccc(CNC(=O)[C@H](O)[C@@H](O)C(=O)N2CCC[C@@H]2c2ccccc2)cc1. The summed E-state index contributed by atoms with van der Waals surface area (Å²) in [7, 11) is 0. The summed E-state index contributed by atoms with van der Waals surface area (Å²) < 4.78 is 0. The average molecular weight is 564 g/mol. The number of nitrogens with zero attached hydrogens (tertiary/aromatic N) is 1. The summed E-state index contributed by atoms with van der Waals surface area (Å²) in [4.78, 5) is 40.2. The number of aliphatic hydroxyl groups excluding tert-OH is 2. The predicted molar refractivity (Wildman–Crippen MR) is 160 cm³/mol. The van der Waals surface area contributed by atoms with Crippen LogP contribution in [0.4, 0.5) is 5.69 Å². The summed E-state index contributed by atoms with van der Waals surface area (Å²) in [5, 5.41) is 26.6. The number of carbonyl (C=O) groups excluding carboxylic acids is 3. The molecular weight excluding hydrogens is 530 g/mol. The third kappa shape index (κ3) is 6.57. The van der Waals surface area contributed by atoms with Gasteiger partial charge in [-0.25, -0.2) is 0 Å². The molecule has 4 aromatic carbocycles. The van der Waals surface area contributed by atoms with Crippen LogP contribution in [0.15, 0.2) is 109 Å². The molecular formula is C34H33N3O5. The van der Waals surface area contributed by atoms with Gasteiger partial charge >= 0.3 is 0 Å². The van der Waals surface area contributed by atoms with Crippen LogP contribution in [0.25, 0.3) is 11.1 Å². The van der Waals surface area contributed by atoms with E-state index in [4.69, 9.17) is 0 Å². The maximum Gasteiger partial charge on any atom is 0.256 e. The number of aliphatic hydroxyl groups is 2. The van der Waals surface area contributed by atoms with Crippen molar-refractivity contribution in [3.8, 4) is 11.1 Å². The lowest BCUT2D eigenvalue weighted by Gasteiger charge is -2.28. The number of carbonyl (C=O) groups is 3. The number of benzene rings is 4. The van der Waals surface area contributed by atoms with Crippen molar-refractivity contribution in [2.45, 2.75) is 37.6 Å². The number of likely N-dealkylation sites (tertiary alicyclic amines) is 1. The first kappa shape index (κ1) is 28.7. The summed E-state index contributed by atoms with van der Waals surface area (Å²) in [6, 6.07) is 33.2. The molecule has 1 saturated heterocycles. The zero-order valence-electron chi connectivity index (χ0n) is 23.0. The van der Waals surface area contributed by atoms with Gasteiger partial charge in [0, 0.05) is 24.3 Å². The maximum atomic E-state index is 13.0. The van der Waals surface area contributed by atoms with Crippen molar-refractivity contribution < 1.29 is 24.6 Å². The van der Waals surface area contributed by atoms with Crippen LogP contribution >= 0.6 is 0 Å². The third-order valence-corrected chi connectivity index (χ3v) is 7.48. The van der Waals surface area contributed by atoms with Gasteiger partial charge in [-0.1, -0.05) is 91.0 Å². The van der Waals surface area contributed by atoms with Crippen LogP contribution in [0, 0.1) is 0 Å². The molecule has 0 saturated carbocycles. The Morgan fingerprint density at radius 1 is 0.786 bits per heavy atom. The van der Waals surface area contributed by atoms with E-state index in [9.17, 15) is 24.6 Å². The fourth-order valence-corrected chi connectivity index (χ4v) is 5.25. The minimum atomic E-state index is -1.90. The van der Waals surface area contributed by atoms with E-state index in [1.54, 1.807) is 6.07 Å². The highest BCUT2D eigenvalue weighted by Gasteiger charge is 2.38. The smallest absolute Gasteiger partial charge is 0.256 e. The normalized spacial score (nSPS) is 16.0. The summed E-state index contributed by atoms with van der Waals surface area (Å²) in [6.45, 7) is 0.538. The summed E-state index contributed by atoms with van der Waals surface area (Å²) in [5.41, 5.74) is 4.51. The van der Waals surface area contributed by atoms with E-state index >= 15 is 0 Å². The molecule has 5 rings (SSSR count). The van der Waals surface area contributed by atoms with Crippen molar-refractivity contribution in [3.63, 3.8) is 0 Å². The zero-order chi connectivity index (χ0) is 29.5. The highest BCUT2D eigenvalue weighted by molar-refractivity contribution is 6.08. The van der Waals surface area contributed by atoms with E-state index in [0.29, 0.717) is 17.8 Å². The van der Waals surface area contributed by atoms with E-state index in [1.807, 2.05) is 103 Å². The van der Waals surface area contributed by atoms with E-state index < -0.39 is 24.0 Å². The Morgan fingerprint density at radius 2 is 1.43 bits per heavy atom. The Labute approximate surface area is 244 Å². The van der Waals surface area contributed by atoms with Crippen LogP contribution < -0.4 is 10.6 Å². The molecule has 8 heteroatoms. The third-order valence-electron chi connectivity index (χ3n) is 7.48. The van der Waals surface area contributed by atoms with Crippen molar-refractivity contribution in [2.24, 2.45) is 0 Å². The summed E-state index contributed by atoms with van der Waals surface area (Å²) in [6.07, 6.45) is -2.24. The van der Waals surface area contributed by atoms with Gasteiger partial charge in [-0.3, -0.25) is 14.4 Å². The van der Waals surface area contributed by atoms with E-state index in [0.717, 1.165) is 35.1 Å². The largest absolute Gasteiger partial charge is 0.380 e. The second kappa shape index (κ2) is 13.2. The molecule has 3 atom stereocenters. The quantitative estimate of drug-likeness (QED) is 0.242. The van der Waals surface area contributed by atoms with Gasteiger partial charge in [0.25, 0.3) is 17.7 Å². The summed E-state index contributed by atoms with van der Waals surface area (Å²) in [5.74, 6) is -1.72. The molecule has 0 aromatic heterocycles. The molecule has 4 N–H and O–H groups in total. The average Bonchev–Trinajstić information content (AvgIpc) is 3.54. The molecule has 0 aliphatic carbocycles. The van der Waals surface area contributed by atoms with Crippen LogP contribution in [-0.2, 0) is 16.1 Å². The second-order valence-corrected chi connectivity index (χ2v) is 10.3. The van der Waals surface area contributed by atoms with Crippen LogP contribution in [0.1, 0.15) is 40.4 Å². The zero-order valence-corrected chi connectivity index (χ0v) is 23.0. The standard InChI is InChI=1S/C34H33N3O5/c38-30(31(39)34(42)37-21-9-16-29(37)25-10-3-1-4-11-25)33(41)35-22-23-17-19-24(20-18-23)27-14-7-8-15-28(27)32(40)36-26-12-5-2-6-13-26/h1-8,10-15,17-20,29-31,38-39H,9,16,21-22H2,(H,35,41)(H,36,40)/t29-,30-,31-/m1/s1. The fourth-order valence-electron chi connectivity index (χ4n) is 5.25. The van der Waals surface area contributed by atoms with Crippen molar-refractivity contribution in [1.29, 1.82) is 0 Å². The van der Waals surface area contributed by atoms with Crippen molar-refractivity contribution >= 4 is 23.4 Å². The fraction of sp³-hybridized carbons (Fsp3) is 0.206. The Kier molecular flexibility index (Phi) is 9.06. The highest BCUT2D eigenvalue weighted by Crippen LogP contribution is 2.32. The van der Waals surface area contributed by atoms with Gasteiger partial charge in [0.1, 0.15) is 0 Å². The number of nitrogens with one attached hydrogen (secondary N) is 2. The Bertz CT molecular complexity index is 1530. The molecule has 0 unspecified atom stereocenters. The Hall–Kier alpha value is -4.79. The van der Waals surface area contributed by atoms with E-state index in [1.165, 1.54) is 4.90 Å². The lowest BCUT2D eigenvalue weighted by atomic mass is 9.98. The minimum absolute atomic E-state index is 0.0869. The summed E-state index contributed by atoms with van der Waals surface area (Å²) >= 11 is 0. The number of amides is 3. The first-order chi connectivity index (χ1) is 20.4. The number of hydrogen-bond acceptors (Lipinski definition) is 5. The molecule has 42 heavy (non-hydrogen) atoms. The van der Waals surface area contributed by atoms with Crippen molar-refractivity contribution in [2.75, 3.05) is 11.9 Å². The number of rotatable bonds is 9. The molecule has 0 bridgehead atoms. The van der Waals surface area contributed by atoms with Crippen molar-refractivity contribution in [3.05, 3.63) is 126 Å². The molecule has 8 nitrogen and oxygen atoms in total. The van der Waals surface area contributed by atoms with Gasteiger partial charge < -0.3 is 25.7 Å². The molecule has 0 radical (unpaired) electrons. The molecule has 1 aliphatic heterocycles. The Morgan fingerprint density at radius 3 is 2.14 bits per heavy atom. The molecule has 4 aromatic rings. The maximum absolute atomic E-state index is 13.0. The van der Waals surface area contributed by atoms with Crippen LogP contribution in [-0.4, -0.2) is 51.6 Å². The van der Waals surface area contributed by atoms with Crippen molar-refractivity contribution in [1.82, 2.24) is 10.2 Å². The molecule has 1 heterocycles. The van der Waals surface area contributed by atoms with Gasteiger partial charge in [-0.15, -0.1) is 0 Å². The molecule has 1 aliphatic rings. The first-order valence-corrected chi connectivity index (χ1v) is 14.0. The molecule has 214 valence electrons. The first-order valence-electron chi connectivity index (χ1n) is 14.0. The lowest BCUT2D eigenvalue weighted by molar-refractivity contribution is -0.153. The van der Waals surface area contributed by atoms with Gasteiger partial charge in [0.2, 0.25) is 0 Å².